The molecule has 31 heavy (non-hydrogen) atoms. The van der Waals surface area contributed by atoms with E-state index in [1.165, 1.54) is 6.42 Å². The molecule has 1 aromatic rings. The number of nitrogens with zero attached hydrogens (tertiary/aromatic N) is 1. The highest BCUT2D eigenvalue weighted by atomic mass is 32.2. The lowest BCUT2D eigenvalue weighted by molar-refractivity contribution is -0.125. The lowest BCUT2D eigenvalue weighted by Gasteiger charge is -2.31. The normalized spacial score (nSPS) is 21.7. The molecule has 1 aliphatic heterocycles. The maximum Gasteiger partial charge on any atom is 0.255 e. The van der Waals surface area contributed by atoms with Crippen LogP contribution in [0.2, 0.25) is 0 Å². The van der Waals surface area contributed by atoms with Crippen LogP contribution in [-0.4, -0.2) is 54.1 Å². The van der Waals surface area contributed by atoms with Gasteiger partial charge >= 0.3 is 0 Å². The first-order valence-corrected chi connectivity index (χ1v) is 12.6. The summed E-state index contributed by atoms with van der Waals surface area (Å²) in [5, 5.41) is 3.26. The Labute approximate surface area is 190 Å². The second-order valence-corrected chi connectivity index (χ2v) is 9.64. The van der Waals surface area contributed by atoms with Crippen LogP contribution in [0, 0.1) is 0 Å². The van der Waals surface area contributed by atoms with Gasteiger partial charge in [0.2, 0.25) is 5.91 Å². The molecule has 0 radical (unpaired) electrons. The second kappa shape index (κ2) is 11.7. The quantitative estimate of drug-likeness (QED) is 0.559. The molecular weight excluding hydrogens is 412 g/mol. The van der Waals surface area contributed by atoms with Crippen molar-refractivity contribution in [2.45, 2.75) is 82.2 Å². The Balaban J connectivity index is 1.80. The summed E-state index contributed by atoms with van der Waals surface area (Å²) in [6.07, 6.45) is 9.88. The number of methoxy groups -OCH3 is 2. The number of benzene rings is 1. The summed E-state index contributed by atoms with van der Waals surface area (Å²) in [5.74, 6) is 1.63. The summed E-state index contributed by atoms with van der Waals surface area (Å²) in [5.41, 5.74) is 0.524. The highest BCUT2D eigenvalue weighted by molar-refractivity contribution is 8.00. The van der Waals surface area contributed by atoms with Gasteiger partial charge < -0.3 is 19.7 Å². The number of amides is 2. The van der Waals surface area contributed by atoms with Gasteiger partial charge in [0, 0.05) is 17.4 Å². The van der Waals surface area contributed by atoms with Gasteiger partial charge in [0.05, 0.1) is 19.6 Å². The molecule has 0 bridgehead atoms. The molecule has 172 valence electrons. The van der Waals surface area contributed by atoms with Gasteiger partial charge in [-0.05, 0) is 37.5 Å². The number of rotatable bonds is 9. The molecule has 1 saturated carbocycles. The molecular formula is C24H36N2O4S. The molecule has 1 aromatic carbocycles. The van der Waals surface area contributed by atoms with Crippen molar-refractivity contribution < 1.29 is 19.1 Å². The van der Waals surface area contributed by atoms with Crippen LogP contribution in [0.4, 0.5) is 0 Å². The van der Waals surface area contributed by atoms with Crippen molar-refractivity contribution in [2.24, 2.45) is 0 Å². The molecule has 2 fully saturated rings. The minimum atomic E-state index is -0.431. The largest absolute Gasteiger partial charge is 0.493 e. The molecule has 2 amide bonds. The van der Waals surface area contributed by atoms with Crippen LogP contribution in [0.15, 0.2) is 18.2 Å². The average Bonchev–Trinajstić information content (AvgIpc) is 3.23. The first-order chi connectivity index (χ1) is 15.1. The Morgan fingerprint density at radius 3 is 2.52 bits per heavy atom. The molecule has 7 heteroatoms. The molecule has 2 aliphatic rings. The Hall–Kier alpha value is -1.89. The standard InChI is InChI=1S/C24H36N2O4S/c1-4-5-7-12-22-26(24(28)17-13-14-20(29-2)21(15-17)30-3)19(16-31-22)23(27)25-18-10-8-6-9-11-18/h13-15,18-19,22H,4-12,16H2,1-3H3,(H,25,27). The Morgan fingerprint density at radius 2 is 1.84 bits per heavy atom. The fourth-order valence-corrected chi connectivity index (χ4v) is 5.94. The zero-order chi connectivity index (χ0) is 22.2. The van der Waals surface area contributed by atoms with Crippen LogP contribution < -0.4 is 14.8 Å². The number of unbranched alkanes of at least 4 members (excludes halogenated alkanes) is 2. The number of hydrogen-bond acceptors (Lipinski definition) is 5. The number of carbonyl (C=O) groups excluding carboxylic acids is 2. The maximum atomic E-state index is 13.6. The number of thioether (sulfide) groups is 1. The van der Waals surface area contributed by atoms with Gasteiger partial charge in [-0.1, -0.05) is 45.4 Å². The molecule has 1 heterocycles. The predicted octanol–water partition coefficient (Wildman–Crippen LogP) is 4.62. The van der Waals surface area contributed by atoms with Gasteiger partial charge in [-0.15, -0.1) is 11.8 Å². The fourth-order valence-electron chi connectivity index (χ4n) is 4.49. The van der Waals surface area contributed by atoms with Crippen molar-refractivity contribution in [1.82, 2.24) is 10.2 Å². The molecule has 6 nitrogen and oxygen atoms in total. The third-order valence-corrected chi connectivity index (χ3v) is 7.62. The fraction of sp³-hybridized carbons (Fsp3) is 0.667. The van der Waals surface area contributed by atoms with Crippen molar-refractivity contribution in [3.63, 3.8) is 0 Å². The number of hydrogen-bond donors (Lipinski definition) is 1. The van der Waals surface area contributed by atoms with Crippen molar-refractivity contribution in [3.8, 4) is 11.5 Å². The van der Waals surface area contributed by atoms with Crippen molar-refractivity contribution in [1.29, 1.82) is 0 Å². The molecule has 3 rings (SSSR count). The summed E-state index contributed by atoms with van der Waals surface area (Å²) in [7, 11) is 3.14. The molecule has 2 atom stereocenters. The van der Waals surface area contributed by atoms with Gasteiger partial charge in [-0.3, -0.25) is 9.59 Å². The minimum Gasteiger partial charge on any atom is -0.493 e. The third kappa shape index (κ3) is 5.88. The topological polar surface area (TPSA) is 67.9 Å². The van der Waals surface area contributed by atoms with Crippen LogP contribution in [0.3, 0.4) is 0 Å². The van der Waals surface area contributed by atoms with E-state index in [2.05, 4.69) is 12.2 Å². The van der Waals surface area contributed by atoms with Crippen molar-refractivity contribution in [2.75, 3.05) is 20.0 Å². The van der Waals surface area contributed by atoms with Gasteiger partial charge in [-0.2, -0.15) is 0 Å². The summed E-state index contributed by atoms with van der Waals surface area (Å²) in [6.45, 7) is 2.18. The molecule has 1 saturated heterocycles. The van der Waals surface area contributed by atoms with E-state index in [0.29, 0.717) is 22.8 Å². The zero-order valence-electron chi connectivity index (χ0n) is 19.0. The van der Waals surface area contributed by atoms with E-state index in [4.69, 9.17) is 9.47 Å². The average molecular weight is 449 g/mol. The smallest absolute Gasteiger partial charge is 0.255 e. The number of nitrogens with one attached hydrogen (secondary N) is 1. The Kier molecular flexibility index (Phi) is 8.93. The number of ether oxygens (including phenoxy) is 2. The molecule has 1 aliphatic carbocycles. The van der Waals surface area contributed by atoms with Crippen LogP contribution in [0.5, 0.6) is 11.5 Å². The second-order valence-electron chi connectivity index (χ2n) is 8.43. The lowest BCUT2D eigenvalue weighted by Crippen LogP contribution is -2.52. The lowest BCUT2D eigenvalue weighted by atomic mass is 9.95. The Morgan fingerprint density at radius 1 is 1.10 bits per heavy atom. The molecule has 1 N–H and O–H groups in total. The van der Waals surface area contributed by atoms with Gasteiger partial charge in [0.25, 0.3) is 5.91 Å². The van der Waals surface area contributed by atoms with Crippen molar-refractivity contribution >= 4 is 23.6 Å². The first-order valence-electron chi connectivity index (χ1n) is 11.6. The van der Waals surface area contributed by atoms with Crippen LogP contribution in [-0.2, 0) is 4.79 Å². The van der Waals surface area contributed by atoms with Crippen LogP contribution in [0.25, 0.3) is 0 Å². The van der Waals surface area contributed by atoms with E-state index >= 15 is 0 Å². The monoisotopic (exact) mass is 448 g/mol. The van der Waals surface area contributed by atoms with Crippen LogP contribution >= 0.6 is 11.8 Å². The van der Waals surface area contributed by atoms with Gasteiger partial charge in [-0.25, -0.2) is 0 Å². The van der Waals surface area contributed by atoms with E-state index in [-0.39, 0.29) is 23.2 Å². The Bertz CT molecular complexity index is 751. The third-order valence-electron chi connectivity index (χ3n) is 6.27. The van der Waals surface area contributed by atoms with E-state index in [1.807, 2.05) is 4.90 Å². The summed E-state index contributed by atoms with van der Waals surface area (Å²) < 4.78 is 10.7. The van der Waals surface area contributed by atoms with E-state index in [1.54, 1.807) is 44.2 Å². The minimum absolute atomic E-state index is 0.00813. The molecule has 2 unspecified atom stereocenters. The summed E-state index contributed by atoms with van der Waals surface area (Å²) in [4.78, 5) is 28.6. The zero-order valence-corrected chi connectivity index (χ0v) is 19.8. The summed E-state index contributed by atoms with van der Waals surface area (Å²) in [6, 6.07) is 5.02. The van der Waals surface area contributed by atoms with Crippen molar-refractivity contribution in [3.05, 3.63) is 23.8 Å². The highest BCUT2D eigenvalue weighted by Crippen LogP contribution is 2.36. The van der Waals surface area contributed by atoms with Gasteiger partial charge in [0.1, 0.15) is 6.04 Å². The van der Waals surface area contributed by atoms with E-state index in [0.717, 1.165) is 51.4 Å². The highest BCUT2D eigenvalue weighted by Gasteiger charge is 2.42. The van der Waals surface area contributed by atoms with E-state index in [9.17, 15) is 9.59 Å². The SMILES string of the molecule is CCCCCC1SCC(C(=O)NC2CCCCC2)N1C(=O)c1ccc(OC)c(OC)c1. The number of carbonyl (C=O) groups is 2. The first kappa shape index (κ1) is 23.8. The molecule has 0 aromatic heterocycles. The molecule has 0 spiro atoms. The van der Waals surface area contributed by atoms with Gasteiger partial charge in [0.15, 0.2) is 11.5 Å². The van der Waals surface area contributed by atoms with E-state index < -0.39 is 6.04 Å². The maximum absolute atomic E-state index is 13.6. The predicted molar refractivity (Wildman–Crippen MR) is 125 cm³/mol. The van der Waals surface area contributed by atoms with Crippen LogP contribution in [0.1, 0.15) is 75.1 Å². The summed E-state index contributed by atoms with van der Waals surface area (Å²) >= 11 is 1.73.